The predicted octanol–water partition coefficient (Wildman–Crippen LogP) is 3.24. The van der Waals surface area contributed by atoms with Gasteiger partial charge in [0.1, 0.15) is 11.3 Å². The molecular weight excluding hydrogens is 272 g/mol. The molecule has 0 saturated carbocycles. The summed E-state index contributed by atoms with van der Waals surface area (Å²) in [4.78, 5) is 11.6. The second-order valence-electron chi connectivity index (χ2n) is 5.90. The van der Waals surface area contributed by atoms with Crippen LogP contribution in [-0.4, -0.2) is 39.6 Å². The molecule has 5 heteroatoms. The molecule has 0 N–H and O–H groups in total. The third-order valence-corrected chi connectivity index (χ3v) is 4.42. The number of rotatable bonds is 2. The molecule has 0 radical (unpaired) electrons. The molecule has 1 aliphatic heterocycles. The van der Waals surface area contributed by atoms with E-state index in [-0.39, 0.29) is 5.38 Å². The number of halogens is 1. The van der Waals surface area contributed by atoms with Crippen LogP contribution in [0, 0.1) is 5.92 Å². The Morgan fingerprint density at radius 1 is 1.45 bits per heavy atom. The van der Waals surface area contributed by atoms with Gasteiger partial charge in [-0.25, -0.2) is 9.97 Å². The molecule has 2 aromatic rings. The molecule has 0 bridgehead atoms. The van der Waals surface area contributed by atoms with Crippen molar-refractivity contribution in [1.82, 2.24) is 19.4 Å². The molecule has 1 fully saturated rings. The summed E-state index contributed by atoms with van der Waals surface area (Å²) in [5.41, 5.74) is 1.91. The van der Waals surface area contributed by atoms with Crippen molar-refractivity contribution in [2.24, 2.45) is 5.92 Å². The third kappa shape index (κ3) is 2.31. The molecule has 108 valence electrons. The number of nitrogens with zero attached hydrogens (tertiary/aromatic N) is 4. The van der Waals surface area contributed by atoms with Crippen LogP contribution >= 0.6 is 11.6 Å². The lowest BCUT2D eigenvalue weighted by Gasteiger charge is -2.36. The fraction of sp³-hybridized carbons (Fsp3) is 0.600. The largest absolute Gasteiger partial charge is 0.308 e. The monoisotopic (exact) mass is 292 g/mol. The molecule has 4 nitrogen and oxygen atoms in total. The first-order valence-electron chi connectivity index (χ1n) is 7.23. The van der Waals surface area contributed by atoms with E-state index in [1.165, 1.54) is 0 Å². The summed E-state index contributed by atoms with van der Waals surface area (Å²) < 4.78 is 2.28. The van der Waals surface area contributed by atoms with Gasteiger partial charge >= 0.3 is 0 Å². The van der Waals surface area contributed by atoms with Gasteiger partial charge in [-0.05, 0) is 45.0 Å². The van der Waals surface area contributed by atoms with Crippen molar-refractivity contribution < 1.29 is 0 Å². The van der Waals surface area contributed by atoms with Crippen LogP contribution in [0.5, 0.6) is 0 Å². The van der Waals surface area contributed by atoms with Crippen LogP contribution in [0.2, 0.25) is 0 Å². The highest BCUT2D eigenvalue weighted by Crippen LogP contribution is 2.34. The van der Waals surface area contributed by atoms with E-state index in [1.807, 2.05) is 25.3 Å². The second-order valence-corrected chi connectivity index (χ2v) is 6.55. The SMILES string of the molecule is CC(Cl)c1nc2cccnc2n1C1CCN(C)CC1C. The van der Waals surface area contributed by atoms with Gasteiger partial charge in [0.05, 0.1) is 5.38 Å². The van der Waals surface area contributed by atoms with E-state index in [1.54, 1.807) is 0 Å². The average Bonchev–Trinajstić information content (AvgIpc) is 2.78. The lowest BCUT2D eigenvalue weighted by molar-refractivity contribution is 0.159. The highest BCUT2D eigenvalue weighted by Gasteiger charge is 2.30. The Hall–Kier alpha value is -1.13. The van der Waals surface area contributed by atoms with Crippen LogP contribution in [0.3, 0.4) is 0 Å². The lowest BCUT2D eigenvalue weighted by atomic mass is 9.93. The van der Waals surface area contributed by atoms with Crippen LogP contribution in [0.25, 0.3) is 11.2 Å². The van der Waals surface area contributed by atoms with Gasteiger partial charge in [0.25, 0.3) is 0 Å². The Morgan fingerprint density at radius 2 is 2.25 bits per heavy atom. The summed E-state index contributed by atoms with van der Waals surface area (Å²) in [5.74, 6) is 1.52. The zero-order valence-corrected chi connectivity index (χ0v) is 13.0. The zero-order chi connectivity index (χ0) is 14.3. The van der Waals surface area contributed by atoms with Gasteiger partial charge in [-0.15, -0.1) is 11.6 Å². The van der Waals surface area contributed by atoms with Gasteiger partial charge in [-0.1, -0.05) is 6.92 Å². The number of imidazole rings is 1. The summed E-state index contributed by atoms with van der Waals surface area (Å²) in [6.45, 7) is 6.50. The molecule has 0 spiro atoms. The minimum absolute atomic E-state index is 0.101. The Labute approximate surface area is 124 Å². The molecule has 2 aromatic heterocycles. The standard InChI is InChI=1S/C15H21ClN4/c1-10-9-19(3)8-6-13(10)20-14(11(2)16)18-12-5-4-7-17-15(12)20/h4-5,7,10-11,13H,6,8-9H2,1-3H3. The van der Waals surface area contributed by atoms with Crippen LogP contribution < -0.4 is 0 Å². The highest BCUT2D eigenvalue weighted by atomic mass is 35.5. The fourth-order valence-corrected chi connectivity index (χ4v) is 3.43. The first kappa shape index (κ1) is 13.8. The Bertz CT molecular complexity index is 607. The van der Waals surface area contributed by atoms with Crippen molar-refractivity contribution in [2.45, 2.75) is 31.7 Å². The quantitative estimate of drug-likeness (QED) is 0.797. The Morgan fingerprint density at radius 3 is 2.95 bits per heavy atom. The summed E-state index contributed by atoms with van der Waals surface area (Å²) in [6, 6.07) is 4.38. The maximum Gasteiger partial charge on any atom is 0.160 e. The summed E-state index contributed by atoms with van der Waals surface area (Å²) >= 11 is 6.35. The molecule has 0 aromatic carbocycles. The normalized spacial score (nSPS) is 26.0. The number of hydrogen-bond acceptors (Lipinski definition) is 3. The summed E-state index contributed by atoms with van der Waals surface area (Å²) in [6.07, 6.45) is 2.96. The third-order valence-electron chi connectivity index (χ3n) is 4.23. The van der Waals surface area contributed by atoms with Crippen LogP contribution in [-0.2, 0) is 0 Å². The van der Waals surface area contributed by atoms with Crippen molar-refractivity contribution in [3.8, 4) is 0 Å². The van der Waals surface area contributed by atoms with Gasteiger partial charge in [0, 0.05) is 18.8 Å². The number of likely N-dealkylation sites (tertiary alicyclic amines) is 1. The molecule has 20 heavy (non-hydrogen) atoms. The topological polar surface area (TPSA) is 34.0 Å². The summed E-state index contributed by atoms with van der Waals surface area (Å²) in [7, 11) is 2.18. The molecule has 0 aliphatic carbocycles. The van der Waals surface area contributed by atoms with Crippen LogP contribution in [0.4, 0.5) is 0 Å². The van der Waals surface area contributed by atoms with Crippen molar-refractivity contribution in [3.05, 3.63) is 24.2 Å². The molecule has 3 unspecified atom stereocenters. The van der Waals surface area contributed by atoms with Crippen molar-refractivity contribution >= 4 is 22.8 Å². The molecule has 1 aliphatic rings. The number of aromatic nitrogens is 3. The van der Waals surface area contributed by atoms with E-state index < -0.39 is 0 Å². The highest BCUT2D eigenvalue weighted by molar-refractivity contribution is 6.20. The number of hydrogen-bond donors (Lipinski definition) is 0. The Kier molecular flexibility index (Phi) is 3.69. The number of alkyl halides is 1. The van der Waals surface area contributed by atoms with E-state index in [0.717, 1.165) is 36.5 Å². The first-order valence-corrected chi connectivity index (χ1v) is 7.67. The minimum atomic E-state index is -0.101. The smallest absolute Gasteiger partial charge is 0.160 e. The van der Waals surface area contributed by atoms with Crippen LogP contribution in [0.1, 0.15) is 37.5 Å². The van der Waals surface area contributed by atoms with Crippen molar-refractivity contribution in [3.63, 3.8) is 0 Å². The molecular formula is C15H21ClN4. The second kappa shape index (κ2) is 5.34. The molecule has 3 heterocycles. The Balaban J connectivity index is 2.11. The number of fused-ring (bicyclic) bond motifs is 1. The van der Waals surface area contributed by atoms with Gasteiger partial charge in [0.2, 0.25) is 0 Å². The number of piperidine rings is 1. The van der Waals surface area contributed by atoms with Gasteiger partial charge < -0.3 is 9.47 Å². The molecule has 1 saturated heterocycles. The van der Waals surface area contributed by atoms with E-state index >= 15 is 0 Å². The van der Waals surface area contributed by atoms with Gasteiger partial charge in [0.15, 0.2) is 5.65 Å². The van der Waals surface area contributed by atoms with E-state index in [4.69, 9.17) is 16.6 Å². The minimum Gasteiger partial charge on any atom is -0.308 e. The van der Waals surface area contributed by atoms with Gasteiger partial charge in [-0.3, -0.25) is 0 Å². The molecule has 0 amide bonds. The molecule has 3 atom stereocenters. The predicted molar refractivity (Wildman–Crippen MR) is 82.1 cm³/mol. The maximum atomic E-state index is 6.35. The average molecular weight is 293 g/mol. The number of pyridine rings is 1. The maximum absolute atomic E-state index is 6.35. The van der Waals surface area contributed by atoms with Crippen LogP contribution in [0.15, 0.2) is 18.3 Å². The van der Waals surface area contributed by atoms with E-state index in [0.29, 0.717) is 12.0 Å². The summed E-state index contributed by atoms with van der Waals surface area (Å²) in [5, 5.41) is -0.101. The van der Waals surface area contributed by atoms with Gasteiger partial charge in [-0.2, -0.15) is 0 Å². The van der Waals surface area contributed by atoms with Crippen molar-refractivity contribution in [2.75, 3.05) is 20.1 Å². The van der Waals surface area contributed by atoms with Crippen molar-refractivity contribution in [1.29, 1.82) is 0 Å². The lowest BCUT2D eigenvalue weighted by Crippen LogP contribution is -2.38. The van der Waals surface area contributed by atoms with E-state index in [9.17, 15) is 0 Å². The van der Waals surface area contributed by atoms with E-state index in [2.05, 4.69) is 28.4 Å². The first-order chi connectivity index (χ1) is 9.58. The fourth-order valence-electron chi connectivity index (χ4n) is 3.28. The zero-order valence-electron chi connectivity index (χ0n) is 12.3. The molecule has 3 rings (SSSR count).